The second-order valence-electron chi connectivity index (χ2n) is 9.67. The zero-order valence-electron chi connectivity index (χ0n) is 18.6. The van der Waals surface area contributed by atoms with Crippen LogP contribution in [0.3, 0.4) is 0 Å². The van der Waals surface area contributed by atoms with Crippen molar-refractivity contribution in [3.63, 3.8) is 0 Å². The third-order valence-electron chi connectivity index (χ3n) is 7.90. The summed E-state index contributed by atoms with van der Waals surface area (Å²) in [6.07, 6.45) is 21.5. The molecule has 4 aliphatic rings. The van der Waals surface area contributed by atoms with Crippen molar-refractivity contribution in [1.29, 1.82) is 0 Å². The lowest BCUT2D eigenvalue weighted by Crippen LogP contribution is -2.31. The van der Waals surface area contributed by atoms with E-state index in [-0.39, 0.29) is 17.0 Å². The minimum absolute atomic E-state index is 0.00435. The van der Waals surface area contributed by atoms with Gasteiger partial charge in [-0.05, 0) is 48.8 Å². The molecule has 2 saturated carbocycles. The van der Waals surface area contributed by atoms with Gasteiger partial charge in [0.1, 0.15) is 0 Å². The standard InChI is InChI=1S/C27H29N3O2/c1-32-24-12-11-18(16-28-24)13-20-14-22-25(23-10-6-7-19-15-27(19,20)23)29-17-30(26(22)31)21-8-4-2-3-5-9-21/h6-7,10-12,14,16-17,19,21H,2-5,8-9,13,15H2,1H3. The Morgan fingerprint density at radius 3 is 2.75 bits per heavy atom. The normalized spacial score (nSPS) is 26.2. The molecule has 0 radical (unpaired) electrons. The molecule has 0 aliphatic heterocycles. The second kappa shape index (κ2) is 7.58. The van der Waals surface area contributed by atoms with Crippen molar-refractivity contribution in [2.75, 3.05) is 7.11 Å². The van der Waals surface area contributed by atoms with E-state index in [1.54, 1.807) is 7.11 Å². The van der Waals surface area contributed by atoms with Crippen molar-refractivity contribution in [3.05, 3.63) is 75.6 Å². The maximum Gasteiger partial charge on any atom is 0.261 e. The van der Waals surface area contributed by atoms with Crippen molar-refractivity contribution in [2.24, 2.45) is 11.3 Å². The van der Waals surface area contributed by atoms with Gasteiger partial charge in [-0.1, -0.05) is 55.6 Å². The number of rotatable bonds is 4. The Hall–Kier alpha value is -2.95. The number of pyridine rings is 1. The first-order valence-corrected chi connectivity index (χ1v) is 11.9. The maximum atomic E-state index is 13.7. The van der Waals surface area contributed by atoms with E-state index >= 15 is 0 Å². The van der Waals surface area contributed by atoms with Crippen LogP contribution in [0.4, 0.5) is 0 Å². The monoisotopic (exact) mass is 427 g/mol. The summed E-state index contributed by atoms with van der Waals surface area (Å²) in [7, 11) is 1.63. The molecule has 0 saturated heterocycles. The first-order chi connectivity index (χ1) is 15.7. The first-order valence-electron chi connectivity index (χ1n) is 11.9. The molecule has 1 spiro atoms. The highest BCUT2D eigenvalue weighted by Crippen LogP contribution is 2.69. The molecule has 2 unspecified atom stereocenters. The highest BCUT2D eigenvalue weighted by atomic mass is 16.5. The van der Waals surface area contributed by atoms with Crippen molar-refractivity contribution in [1.82, 2.24) is 14.5 Å². The van der Waals surface area contributed by atoms with Gasteiger partial charge in [0.05, 0.1) is 24.7 Å². The van der Waals surface area contributed by atoms with Crippen LogP contribution in [0.15, 0.2) is 53.3 Å². The lowest BCUT2D eigenvalue weighted by molar-refractivity contribution is 0.397. The number of nitrogens with zero attached hydrogens (tertiary/aromatic N) is 3. The molecule has 2 aromatic rings. The summed E-state index contributed by atoms with van der Waals surface area (Å²) >= 11 is 0. The van der Waals surface area contributed by atoms with E-state index in [0.717, 1.165) is 42.5 Å². The van der Waals surface area contributed by atoms with Crippen LogP contribution in [-0.4, -0.2) is 21.6 Å². The van der Waals surface area contributed by atoms with Crippen LogP contribution in [-0.2, 0) is 6.42 Å². The number of hydrogen-bond donors (Lipinski definition) is 0. The molecule has 5 nitrogen and oxygen atoms in total. The van der Waals surface area contributed by atoms with E-state index in [9.17, 15) is 4.79 Å². The average molecular weight is 428 g/mol. The quantitative estimate of drug-likeness (QED) is 0.634. The van der Waals surface area contributed by atoms with Crippen LogP contribution >= 0.6 is 0 Å². The van der Waals surface area contributed by atoms with E-state index in [1.165, 1.54) is 36.8 Å². The lowest BCUT2D eigenvalue weighted by atomic mass is 9.74. The van der Waals surface area contributed by atoms with Crippen molar-refractivity contribution < 1.29 is 4.74 Å². The second-order valence-corrected chi connectivity index (χ2v) is 9.67. The zero-order chi connectivity index (χ0) is 21.7. The van der Waals surface area contributed by atoms with Crippen molar-refractivity contribution in [2.45, 2.75) is 57.4 Å². The van der Waals surface area contributed by atoms with Crippen LogP contribution in [0.2, 0.25) is 0 Å². The van der Waals surface area contributed by atoms with Gasteiger partial charge in [0, 0.05) is 23.7 Å². The minimum Gasteiger partial charge on any atom is -0.481 e. The van der Waals surface area contributed by atoms with Gasteiger partial charge in [0.15, 0.2) is 0 Å². The topological polar surface area (TPSA) is 57.0 Å². The largest absolute Gasteiger partial charge is 0.481 e. The zero-order valence-corrected chi connectivity index (χ0v) is 18.6. The van der Waals surface area contributed by atoms with Crippen LogP contribution in [0.1, 0.15) is 67.8 Å². The number of methoxy groups -OCH3 is 1. The molecule has 2 atom stereocenters. The highest BCUT2D eigenvalue weighted by molar-refractivity contribution is 5.88. The van der Waals surface area contributed by atoms with Crippen molar-refractivity contribution >= 4 is 11.6 Å². The Bertz CT molecular complexity index is 1200. The number of allylic oxidation sites excluding steroid dienone is 5. The van der Waals surface area contributed by atoms with Crippen LogP contribution in [0, 0.1) is 11.3 Å². The fourth-order valence-electron chi connectivity index (χ4n) is 6.09. The number of fused-ring (bicyclic) bond motifs is 2. The van der Waals surface area contributed by atoms with Gasteiger partial charge in [-0.25, -0.2) is 9.97 Å². The fourth-order valence-corrected chi connectivity index (χ4v) is 6.09. The third-order valence-corrected chi connectivity index (χ3v) is 7.90. The van der Waals surface area contributed by atoms with E-state index in [2.05, 4.69) is 35.4 Å². The number of ether oxygens (including phenoxy) is 1. The molecule has 6 rings (SSSR count). The van der Waals surface area contributed by atoms with Gasteiger partial charge in [-0.15, -0.1) is 0 Å². The Kier molecular flexibility index (Phi) is 4.67. The summed E-state index contributed by atoms with van der Waals surface area (Å²) in [6, 6.07) is 4.26. The van der Waals surface area contributed by atoms with Gasteiger partial charge in [-0.3, -0.25) is 9.36 Å². The molecule has 0 amide bonds. The Morgan fingerprint density at radius 1 is 1.16 bits per heavy atom. The predicted molar refractivity (Wildman–Crippen MR) is 125 cm³/mol. The summed E-state index contributed by atoms with van der Waals surface area (Å²) in [5.74, 6) is 1.12. The molecular formula is C27H29N3O2. The SMILES string of the molecule is COc1ccc(CC2=Cc3c(ncn(C4CCCCCC4)c3=O)C3=CC=CC4CC234)cn1. The van der Waals surface area contributed by atoms with E-state index < -0.39 is 0 Å². The summed E-state index contributed by atoms with van der Waals surface area (Å²) in [5, 5.41) is 0. The van der Waals surface area contributed by atoms with Crippen LogP contribution in [0.25, 0.3) is 11.6 Å². The molecule has 0 bridgehead atoms. The molecule has 5 heteroatoms. The summed E-state index contributed by atoms with van der Waals surface area (Å²) in [5.41, 5.74) is 5.46. The van der Waals surface area contributed by atoms with E-state index in [0.29, 0.717) is 11.8 Å². The predicted octanol–water partition coefficient (Wildman–Crippen LogP) is 5.14. The average Bonchev–Trinajstić information content (AvgIpc) is 3.60. The maximum absolute atomic E-state index is 13.7. The Morgan fingerprint density at radius 2 is 2.00 bits per heavy atom. The Balaban J connectivity index is 1.44. The molecule has 4 aliphatic carbocycles. The molecule has 2 heterocycles. The van der Waals surface area contributed by atoms with Crippen LogP contribution in [0.5, 0.6) is 5.88 Å². The smallest absolute Gasteiger partial charge is 0.261 e. The number of hydrogen-bond acceptors (Lipinski definition) is 4. The molecule has 2 fully saturated rings. The van der Waals surface area contributed by atoms with Crippen molar-refractivity contribution in [3.8, 4) is 5.88 Å². The molecular weight excluding hydrogens is 398 g/mol. The minimum atomic E-state index is -0.00435. The first kappa shape index (κ1) is 19.7. The molecule has 0 N–H and O–H groups in total. The summed E-state index contributed by atoms with van der Waals surface area (Å²) in [6.45, 7) is 0. The Labute approximate surface area is 188 Å². The fraction of sp³-hybridized carbons (Fsp3) is 0.444. The third kappa shape index (κ3) is 3.01. The molecule has 2 aromatic heterocycles. The molecule has 32 heavy (non-hydrogen) atoms. The van der Waals surface area contributed by atoms with E-state index in [4.69, 9.17) is 9.72 Å². The van der Waals surface area contributed by atoms with Gasteiger partial charge in [0.2, 0.25) is 5.88 Å². The van der Waals surface area contributed by atoms with E-state index in [1.807, 2.05) is 23.2 Å². The highest BCUT2D eigenvalue weighted by Gasteiger charge is 2.60. The summed E-state index contributed by atoms with van der Waals surface area (Å²) < 4.78 is 7.14. The van der Waals surface area contributed by atoms with Crippen LogP contribution < -0.4 is 10.3 Å². The van der Waals surface area contributed by atoms with Gasteiger partial charge in [-0.2, -0.15) is 0 Å². The lowest BCUT2D eigenvalue weighted by Gasteiger charge is -2.31. The van der Waals surface area contributed by atoms with Gasteiger partial charge < -0.3 is 4.74 Å². The number of aromatic nitrogens is 3. The molecule has 0 aromatic carbocycles. The summed E-state index contributed by atoms with van der Waals surface area (Å²) in [4.78, 5) is 23.0. The van der Waals surface area contributed by atoms with Gasteiger partial charge >= 0.3 is 0 Å². The molecule has 164 valence electrons. The van der Waals surface area contributed by atoms with Gasteiger partial charge in [0.25, 0.3) is 5.56 Å².